The Labute approximate surface area is 222 Å². The van der Waals surface area contributed by atoms with Crippen molar-refractivity contribution < 1.29 is 27.3 Å². The molecule has 0 N–H and O–H groups in total. The van der Waals surface area contributed by atoms with Gasteiger partial charge in [-0.1, -0.05) is 18.2 Å². The normalized spacial score (nSPS) is 20.4. The maximum Gasteiger partial charge on any atom is 0.387 e. The number of fused-ring (bicyclic) bond motifs is 9. The molecular weight excluding hydrogens is 526 g/mol. The number of rotatable bonds is 5. The number of aromatic nitrogens is 2. The van der Waals surface area contributed by atoms with Crippen LogP contribution in [0.3, 0.4) is 0 Å². The molecule has 1 saturated carbocycles. The number of hydrogen-bond donors (Lipinski definition) is 0. The van der Waals surface area contributed by atoms with E-state index in [4.69, 9.17) is 9.72 Å². The average molecular weight is 552 g/mol. The third kappa shape index (κ3) is 3.81. The van der Waals surface area contributed by atoms with E-state index in [-0.39, 0.29) is 29.0 Å². The lowest BCUT2D eigenvalue weighted by molar-refractivity contribution is -0.0507. The van der Waals surface area contributed by atoms with Crippen LogP contribution in [0, 0.1) is 5.82 Å². The Kier molecular flexibility index (Phi) is 5.30. The number of imidazole rings is 1. The summed E-state index contributed by atoms with van der Waals surface area (Å²) in [5.74, 6) is 0.000150. The van der Waals surface area contributed by atoms with Crippen LogP contribution >= 0.6 is 7.14 Å². The fourth-order valence-corrected chi connectivity index (χ4v) is 7.22. The molecule has 4 aromatic rings. The molecule has 0 unspecified atom stereocenters. The minimum atomic E-state index is -3.03. The third-order valence-corrected chi connectivity index (χ3v) is 9.51. The number of ether oxygens (including phenoxy) is 1. The lowest BCUT2D eigenvalue weighted by Gasteiger charge is -2.28. The van der Waals surface area contributed by atoms with Crippen LogP contribution in [-0.4, -0.2) is 46.3 Å². The van der Waals surface area contributed by atoms with Crippen molar-refractivity contribution in [2.24, 2.45) is 0 Å². The van der Waals surface area contributed by atoms with E-state index >= 15 is 0 Å². The van der Waals surface area contributed by atoms with Crippen LogP contribution in [0.1, 0.15) is 53.1 Å². The van der Waals surface area contributed by atoms with E-state index in [0.717, 1.165) is 23.9 Å². The highest BCUT2D eigenvalue weighted by molar-refractivity contribution is 7.70. The van der Waals surface area contributed by atoms with Crippen LogP contribution in [0.4, 0.5) is 13.2 Å². The average Bonchev–Trinajstić information content (AvgIpc) is 3.56. The first-order valence-corrected chi connectivity index (χ1v) is 15.5. The summed E-state index contributed by atoms with van der Waals surface area (Å²) >= 11 is 0. The Balaban J connectivity index is 1.42. The number of nitrogens with zero attached hydrogens (tertiary/aromatic N) is 3. The van der Waals surface area contributed by atoms with E-state index in [2.05, 4.69) is 0 Å². The molecule has 1 fully saturated rings. The maximum atomic E-state index is 14.9. The van der Waals surface area contributed by atoms with Gasteiger partial charge in [0.2, 0.25) is 0 Å². The molecule has 6 nitrogen and oxygen atoms in total. The number of carbonyl (C=O) groups is 1. The number of halogens is 3. The van der Waals surface area contributed by atoms with Crippen LogP contribution < -0.4 is 10.0 Å². The summed E-state index contributed by atoms with van der Waals surface area (Å²) in [5.41, 5.74) is 3.64. The molecule has 0 saturated heterocycles. The Bertz CT molecular complexity index is 1730. The van der Waals surface area contributed by atoms with E-state index in [0.29, 0.717) is 34.5 Å². The Morgan fingerprint density at radius 2 is 1.77 bits per heavy atom. The molecule has 3 aliphatic rings. The topological polar surface area (TPSA) is 64.4 Å². The molecule has 3 heterocycles. The van der Waals surface area contributed by atoms with Crippen LogP contribution in [0.15, 0.2) is 54.6 Å². The van der Waals surface area contributed by atoms with Crippen molar-refractivity contribution in [2.75, 3.05) is 13.3 Å². The standard InChI is InChI=1S/C29H25F3N3O3P/c1-39(2,37)25-11-7-15(12-19(25)30)16-6-10-20-21(13-16)35-22-14-23(27(35)33-20)34(17-8-9-17)28(36)18-4-3-5-24(26(18)22)38-29(31)32/h3-7,10-13,17,22-23,29H,8-9,14H2,1-2H3/t22-,23-/m1/s1. The summed E-state index contributed by atoms with van der Waals surface area (Å²) in [7, 11) is -2.77. The molecule has 2 aliphatic heterocycles. The molecule has 39 heavy (non-hydrogen) atoms. The van der Waals surface area contributed by atoms with Gasteiger partial charge in [-0.15, -0.1) is 0 Å². The van der Waals surface area contributed by atoms with Crippen LogP contribution in [-0.2, 0) is 4.57 Å². The number of alkyl halides is 2. The van der Waals surface area contributed by atoms with Gasteiger partial charge in [-0.05, 0) is 73.7 Å². The van der Waals surface area contributed by atoms with Crippen molar-refractivity contribution in [3.63, 3.8) is 0 Å². The largest absolute Gasteiger partial charge is 0.434 e. The molecule has 200 valence electrons. The Morgan fingerprint density at radius 3 is 2.46 bits per heavy atom. The van der Waals surface area contributed by atoms with Crippen LogP contribution in [0.5, 0.6) is 5.75 Å². The highest BCUT2D eigenvalue weighted by Crippen LogP contribution is 2.53. The van der Waals surface area contributed by atoms with Crippen molar-refractivity contribution in [1.82, 2.24) is 14.5 Å². The molecule has 0 spiro atoms. The number of hydrogen-bond acceptors (Lipinski definition) is 4. The highest BCUT2D eigenvalue weighted by atomic mass is 31.2. The van der Waals surface area contributed by atoms with Gasteiger partial charge in [0.15, 0.2) is 0 Å². The summed E-state index contributed by atoms with van der Waals surface area (Å²) < 4.78 is 61.1. The highest BCUT2D eigenvalue weighted by Gasteiger charge is 2.50. The fraction of sp³-hybridized carbons (Fsp3) is 0.310. The zero-order valence-corrected chi connectivity index (χ0v) is 22.2. The molecule has 7 rings (SSSR count). The lowest BCUT2D eigenvalue weighted by Crippen LogP contribution is -2.36. The van der Waals surface area contributed by atoms with E-state index < -0.39 is 25.6 Å². The van der Waals surface area contributed by atoms with Gasteiger partial charge >= 0.3 is 6.61 Å². The third-order valence-electron chi connectivity index (χ3n) is 7.99. The summed E-state index contributed by atoms with van der Waals surface area (Å²) in [6, 6.07) is 14.4. The van der Waals surface area contributed by atoms with Gasteiger partial charge in [0, 0.05) is 28.9 Å². The van der Waals surface area contributed by atoms with E-state index in [1.165, 1.54) is 25.5 Å². The molecule has 0 radical (unpaired) electrons. The first kappa shape index (κ1) is 24.5. The minimum absolute atomic E-state index is 0.00989. The van der Waals surface area contributed by atoms with Gasteiger partial charge in [-0.2, -0.15) is 8.78 Å². The second-order valence-electron chi connectivity index (χ2n) is 10.9. The fourth-order valence-electron chi connectivity index (χ4n) is 6.21. The Morgan fingerprint density at radius 1 is 1.03 bits per heavy atom. The molecule has 1 amide bonds. The second kappa shape index (κ2) is 8.46. The summed E-state index contributed by atoms with van der Waals surface area (Å²) in [6.07, 6.45) is 2.29. The van der Waals surface area contributed by atoms with Gasteiger partial charge in [-0.25, -0.2) is 9.37 Å². The summed E-state index contributed by atoms with van der Waals surface area (Å²) in [4.78, 5) is 20.5. The SMILES string of the molecule is CP(C)(=O)c1ccc(-c2ccc3nc4n(c3c2)[C@@H]2C[C@H]4N(C3CC3)C(=O)c3cccc(OC(F)F)c32)cc1F. The van der Waals surface area contributed by atoms with Crippen molar-refractivity contribution >= 4 is 29.4 Å². The quantitative estimate of drug-likeness (QED) is 0.272. The summed E-state index contributed by atoms with van der Waals surface area (Å²) in [5, 5.41) is 0.204. The zero-order valence-electron chi connectivity index (χ0n) is 21.3. The van der Waals surface area contributed by atoms with Gasteiger partial charge in [0.1, 0.15) is 24.5 Å². The van der Waals surface area contributed by atoms with Crippen LogP contribution in [0.2, 0.25) is 0 Å². The predicted octanol–water partition coefficient (Wildman–Crippen LogP) is 6.34. The molecule has 2 atom stereocenters. The molecule has 1 aliphatic carbocycles. The zero-order chi connectivity index (χ0) is 27.2. The Hall–Kier alpha value is -3.58. The first-order valence-electron chi connectivity index (χ1n) is 12.9. The van der Waals surface area contributed by atoms with Crippen molar-refractivity contribution in [3.8, 4) is 16.9 Å². The predicted molar refractivity (Wildman–Crippen MR) is 142 cm³/mol. The number of carbonyl (C=O) groups excluding carboxylic acids is 1. The van der Waals surface area contributed by atoms with E-state index in [9.17, 15) is 22.5 Å². The van der Waals surface area contributed by atoms with Crippen molar-refractivity contribution in [3.05, 3.63) is 77.4 Å². The van der Waals surface area contributed by atoms with Gasteiger partial charge < -0.3 is 18.8 Å². The van der Waals surface area contributed by atoms with Crippen molar-refractivity contribution in [2.45, 2.75) is 44.0 Å². The molecule has 10 heteroatoms. The number of benzene rings is 3. The van der Waals surface area contributed by atoms with Crippen molar-refractivity contribution in [1.29, 1.82) is 0 Å². The summed E-state index contributed by atoms with van der Waals surface area (Å²) in [6.45, 7) is 0.0382. The minimum Gasteiger partial charge on any atom is -0.434 e. The molecule has 1 aromatic heterocycles. The van der Waals surface area contributed by atoms with Gasteiger partial charge in [0.05, 0.1) is 23.1 Å². The maximum absolute atomic E-state index is 14.9. The van der Waals surface area contributed by atoms with E-state index in [1.807, 2.05) is 27.7 Å². The second-order valence-corrected chi connectivity index (χ2v) is 14.1. The number of amides is 1. The first-order chi connectivity index (χ1) is 18.6. The lowest BCUT2D eigenvalue weighted by atomic mass is 9.97. The van der Waals surface area contributed by atoms with E-state index in [1.54, 1.807) is 24.3 Å². The smallest absolute Gasteiger partial charge is 0.387 e. The monoisotopic (exact) mass is 551 g/mol. The van der Waals surface area contributed by atoms with Crippen LogP contribution in [0.25, 0.3) is 22.2 Å². The molecule has 2 bridgehead atoms. The molecular formula is C29H25F3N3O3P. The van der Waals surface area contributed by atoms with Gasteiger partial charge in [0.25, 0.3) is 5.91 Å². The van der Waals surface area contributed by atoms with Gasteiger partial charge in [-0.3, -0.25) is 4.79 Å². The molecule has 3 aromatic carbocycles.